The average Bonchev–Trinajstić information content (AvgIpc) is 3.33. The molecule has 0 radical (unpaired) electrons. The fraction of sp³-hybridized carbons (Fsp3) is 0. The first-order valence-corrected chi connectivity index (χ1v) is 10.1. The fourth-order valence-electron chi connectivity index (χ4n) is 2.54. The van der Waals surface area contributed by atoms with Gasteiger partial charge in [0.05, 0.1) is 9.85 Å². The molecule has 0 aliphatic carbocycles. The van der Waals surface area contributed by atoms with Crippen LogP contribution in [0.15, 0.2) is 72.1 Å². The van der Waals surface area contributed by atoms with Crippen molar-refractivity contribution in [2.45, 2.75) is 0 Å². The Labute approximate surface area is 178 Å². The summed E-state index contributed by atoms with van der Waals surface area (Å²) >= 11 is 1.94. The van der Waals surface area contributed by atoms with E-state index in [0.717, 1.165) is 33.8 Å². The number of thiophene rings is 2. The van der Waals surface area contributed by atoms with Crippen molar-refractivity contribution >= 4 is 33.4 Å². The van der Waals surface area contributed by atoms with Gasteiger partial charge in [-0.2, -0.15) is 0 Å². The molecule has 4 aromatic rings. The smallest absolute Gasteiger partial charge is 0.366 e. The molecule has 0 atom stereocenters. The van der Waals surface area contributed by atoms with E-state index in [9.17, 15) is 30.4 Å². The van der Waals surface area contributed by atoms with E-state index in [0.29, 0.717) is 10.4 Å². The van der Waals surface area contributed by atoms with Gasteiger partial charge in [-0.3, -0.25) is 20.2 Å². The second-order valence-electron chi connectivity index (χ2n) is 5.85. The van der Waals surface area contributed by atoms with E-state index in [2.05, 4.69) is 0 Å². The first kappa shape index (κ1) is 21.0. The van der Waals surface area contributed by atoms with Crippen molar-refractivity contribution in [3.05, 3.63) is 92.3 Å². The summed E-state index contributed by atoms with van der Waals surface area (Å²) in [5.74, 6) is -0.254. The highest BCUT2D eigenvalue weighted by Crippen LogP contribution is 2.42. The molecule has 30 heavy (non-hydrogen) atoms. The summed E-state index contributed by atoms with van der Waals surface area (Å²) in [6.07, 6.45) is 0. The predicted molar refractivity (Wildman–Crippen MR) is 116 cm³/mol. The molecular weight excluding hydrogens is 428 g/mol. The van der Waals surface area contributed by atoms with Crippen LogP contribution >= 0.6 is 22.7 Å². The molecule has 2 N–H and O–H groups in total. The van der Waals surface area contributed by atoms with E-state index in [4.69, 9.17) is 0 Å². The monoisotopic (exact) mass is 442 g/mol. The molecule has 0 aliphatic heterocycles. The Balaban J connectivity index is 0.000000171. The minimum absolute atomic E-state index is 0.214. The number of aromatic hydroxyl groups is 2. The molecule has 152 valence electrons. The lowest BCUT2D eigenvalue weighted by Crippen LogP contribution is -1.83. The van der Waals surface area contributed by atoms with Gasteiger partial charge in [-0.25, -0.2) is 0 Å². The third-order valence-electron chi connectivity index (χ3n) is 3.95. The van der Waals surface area contributed by atoms with E-state index in [-0.39, 0.29) is 21.5 Å². The summed E-state index contributed by atoms with van der Waals surface area (Å²) in [6.45, 7) is 0. The molecule has 0 bridgehead atoms. The Morgan fingerprint density at radius 2 is 1.37 bits per heavy atom. The zero-order valence-electron chi connectivity index (χ0n) is 15.2. The van der Waals surface area contributed by atoms with Gasteiger partial charge >= 0.3 is 10.7 Å². The summed E-state index contributed by atoms with van der Waals surface area (Å²) in [4.78, 5) is 20.6. The molecule has 0 spiro atoms. The Morgan fingerprint density at radius 3 is 1.83 bits per heavy atom. The molecule has 2 aromatic heterocycles. The van der Waals surface area contributed by atoms with E-state index in [1.54, 1.807) is 17.5 Å². The number of nitrogens with zero attached hydrogens (tertiary/aromatic N) is 2. The van der Waals surface area contributed by atoms with Gasteiger partial charge in [0, 0.05) is 21.9 Å². The molecule has 0 saturated carbocycles. The number of rotatable bonds is 4. The van der Waals surface area contributed by atoms with Crippen LogP contribution in [-0.4, -0.2) is 20.1 Å². The highest BCUT2D eigenvalue weighted by Gasteiger charge is 2.21. The molecule has 0 unspecified atom stereocenters. The molecule has 2 heterocycles. The van der Waals surface area contributed by atoms with Crippen LogP contribution in [0.25, 0.3) is 21.6 Å². The van der Waals surface area contributed by atoms with Crippen molar-refractivity contribution in [2.75, 3.05) is 0 Å². The van der Waals surface area contributed by atoms with Gasteiger partial charge in [0.15, 0.2) is 0 Å². The van der Waals surface area contributed by atoms with Crippen molar-refractivity contribution in [3.63, 3.8) is 0 Å². The van der Waals surface area contributed by atoms with Crippen molar-refractivity contribution in [1.29, 1.82) is 0 Å². The second-order valence-corrected chi connectivity index (χ2v) is 7.74. The van der Waals surface area contributed by atoms with Crippen LogP contribution in [0.4, 0.5) is 10.7 Å². The van der Waals surface area contributed by atoms with Crippen LogP contribution in [0.5, 0.6) is 10.8 Å². The van der Waals surface area contributed by atoms with E-state index < -0.39 is 9.85 Å². The standard InChI is InChI=1S/2C10H7NO3S/c12-10-8(11(13)14)6-9(15-10)7-4-2-1-3-5-7;12-9-8(6-15-10(9)11(13)14)7-4-2-1-3-5-7/h2*1-6,12H. The second kappa shape index (κ2) is 9.16. The van der Waals surface area contributed by atoms with Crippen molar-refractivity contribution < 1.29 is 20.1 Å². The Morgan fingerprint density at radius 1 is 0.800 bits per heavy atom. The molecule has 2 aromatic carbocycles. The van der Waals surface area contributed by atoms with Gasteiger partial charge in [-0.05, 0) is 11.1 Å². The van der Waals surface area contributed by atoms with Gasteiger partial charge in [-0.1, -0.05) is 83.3 Å². The molecule has 0 amide bonds. The predicted octanol–water partition coefficient (Wildman–Crippen LogP) is 6.06. The lowest BCUT2D eigenvalue weighted by molar-refractivity contribution is -0.385. The largest absolute Gasteiger partial charge is 0.501 e. The number of nitro groups is 2. The first-order chi connectivity index (χ1) is 14.4. The maximum Gasteiger partial charge on any atom is 0.366 e. The zero-order chi connectivity index (χ0) is 21.7. The van der Waals surface area contributed by atoms with Gasteiger partial charge in [0.1, 0.15) is 0 Å². The maximum atomic E-state index is 10.5. The molecule has 10 heteroatoms. The molecule has 8 nitrogen and oxygen atoms in total. The third-order valence-corrected chi connectivity index (χ3v) is 5.84. The maximum absolute atomic E-state index is 10.5. The quantitative estimate of drug-likeness (QED) is 0.292. The van der Waals surface area contributed by atoms with Crippen LogP contribution in [0.3, 0.4) is 0 Å². The molecular formula is C20H14N2O6S2. The van der Waals surface area contributed by atoms with Gasteiger partial charge in [0.25, 0.3) is 5.06 Å². The Bertz CT molecular complexity index is 1160. The topological polar surface area (TPSA) is 127 Å². The number of hydrogen-bond acceptors (Lipinski definition) is 8. The Hall–Kier alpha value is -3.76. The lowest BCUT2D eigenvalue weighted by atomic mass is 10.1. The van der Waals surface area contributed by atoms with Crippen LogP contribution < -0.4 is 0 Å². The van der Waals surface area contributed by atoms with E-state index in [1.807, 2.05) is 48.5 Å². The summed E-state index contributed by atoms with van der Waals surface area (Å²) in [6, 6.07) is 19.7. The average molecular weight is 442 g/mol. The van der Waals surface area contributed by atoms with Crippen LogP contribution in [0, 0.1) is 20.2 Å². The summed E-state index contributed by atoms with van der Waals surface area (Å²) in [7, 11) is 0. The van der Waals surface area contributed by atoms with Crippen LogP contribution in [-0.2, 0) is 0 Å². The van der Waals surface area contributed by atoms with Crippen LogP contribution in [0.1, 0.15) is 0 Å². The summed E-state index contributed by atoms with van der Waals surface area (Å²) in [5.41, 5.74) is 1.91. The minimum atomic E-state index is -0.585. The van der Waals surface area contributed by atoms with Crippen molar-refractivity contribution in [1.82, 2.24) is 0 Å². The summed E-state index contributed by atoms with van der Waals surface area (Å²) < 4.78 is 0. The van der Waals surface area contributed by atoms with Crippen molar-refractivity contribution in [3.8, 4) is 32.4 Å². The van der Waals surface area contributed by atoms with Gasteiger partial charge in [-0.15, -0.1) is 0 Å². The fourth-order valence-corrected chi connectivity index (χ4v) is 4.20. The number of benzene rings is 2. The molecule has 0 fully saturated rings. The van der Waals surface area contributed by atoms with E-state index >= 15 is 0 Å². The third kappa shape index (κ3) is 4.62. The zero-order valence-corrected chi connectivity index (χ0v) is 16.8. The van der Waals surface area contributed by atoms with E-state index in [1.165, 1.54) is 6.07 Å². The van der Waals surface area contributed by atoms with Gasteiger partial charge in [0.2, 0.25) is 5.75 Å². The summed E-state index contributed by atoms with van der Waals surface area (Å²) in [5, 5.41) is 41.1. The Kier molecular flexibility index (Phi) is 6.40. The van der Waals surface area contributed by atoms with Gasteiger partial charge < -0.3 is 10.2 Å². The SMILES string of the molecule is O=[N+]([O-])c1cc(-c2ccccc2)sc1O.O=[N+]([O-])c1scc(-c2ccccc2)c1O. The van der Waals surface area contributed by atoms with Crippen molar-refractivity contribution in [2.24, 2.45) is 0 Å². The molecule has 0 aliphatic rings. The minimum Gasteiger partial charge on any atom is -0.501 e. The number of hydrogen-bond donors (Lipinski definition) is 2. The highest BCUT2D eigenvalue weighted by atomic mass is 32.1. The normalized spacial score (nSPS) is 10.1. The first-order valence-electron chi connectivity index (χ1n) is 8.41. The van der Waals surface area contributed by atoms with Crippen LogP contribution in [0.2, 0.25) is 0 Å². The molecule has 4 rings (SSSR count). The highest BCUT2D eigenvalue weighted by molar-refractivity contribution is 7.17. The lowest BCUT2D eigenvalue weighted by Gasteiger charge is -1.96. The molecule has 0 saturated heterocycles.